The first-order valence-electron chi connectivity index (χ1n) is 9.66. The molecular formula is C19H25BN2O6. The van der Waals surface area contributed by atoms with Gasteiger partial charge in [0, 0.05) is 0 Å². The summed E-state index contributed by atoms with van der Waals surface area (Å²) in [6.07, 6.45) is 2.73. The van der Waals surface area contributed by atoms with Crippen LogP contribution in [0.5, 0.6) is 11.5 Å². The Balaban J connectivity index is 1.57. The van der Waals surface area contributed by atoms with Gasteiger partial charge in [-0.15, -0.1) is 0 Å². The van der Waals surface area contributed by atoms with Gasteiger partial charge in [-0.25, -0.2) is 0 Å². The first-order valence-corrected chi connectivity index (χ1v) is 9.66. The van der Waals surface area contributed by atoms with Gasteiger partial charge in [0.1, 0.15) is 0 Å². The van der Waals surface area contributed by atoms with Crippen molar-refractivity contribution in [3.05, 3.63) is 23.3 Å². The molecule has 9 heteroatoms. The van der Waals surface area contributed by atoms with E-state index in [2.05, 4.69) is 5.32 Å². The molecular weight excluding hydrogens is 363 g/mol. The van der Waals surface area contributed by atoms with Crippen molar-refractivity contribution in [3.8, 4) is 11.5 Å². The van der Waals surface area contributed by atoms with Crippen molar-refractivity contribution in [1.82, 2.24) is 10.2 Å². The average molecular weight is 388 g/mol. The van der Waals surface area contributed by atoms with E-state index in [0.29, 0.717) is 38.1 Å². The number of likely N-dealkylation sites (tertiary alicyclic amines) is 1. The van der Waals surface area contributed by atoms with Crippen LogP contribution in [-0.4, -0.2) is 66.4 Å². The minimum absolute atomic E-state index is 0.0790. The Morgan fingerprint density at radius 3 is 2.61 bits per heavy atom. The van der Waals surface area contributed by atoms with Gasteiger partial charge in [-0.05, 0) is 31.8 Å². The summed E-state index contributed by atoms with van der Waals surface area (Å²) in [4.78, 5) is 25.7. The van der Waals surface area contributed by atoms with Crippen LogP contribution in [0.4, 0.5) is 0 Å². The summed E-state index contributed by atoms with van der Waals surface area (Å²) < 4.78 is 16.3. The number of amides is 1. The minimum atomic E-state index is -1.29. The van der Waals surface area contributed by atoms with E-state index in [4.69, 9.17) is 4.74 Å². The van der Waals surface area contributed by atoms with E-state index in [1.54, 1.807) is 11.0 Å². The van der Waals surface area contributed by atoms with Gasteiger partial charge in [-0.2, -0.15) is 0 Å². The molecule has 3 N–H and O–H groups in total. The van der Waals surface area contributed by atoms with Crippen LogP contribution in [0.1, 0.15) is 35.2 Å². The zero-order chi connectivity index (χ0) is 20.1. The number of nitrogens with one attached hydrogen (secondary N) is 1. The number of piperidine rings is 1. The Bertz CT molecular complexity index is 744. The normalized spacial score (nSPS) is 17.6. The molecule has 0 unspecified atom stereocenters. The van der Waals surface area contributed by atoms with Crippen LogP contribution in [0.3, 0.4) is 0 Å². The van der Waals surface area contributed by atoms with Crippen molar-refractivity contribution in [2.45, 2.75) is 38.1 Å². The number of aromatic carboxylic acids is 1. The van der Waals surface area contributed by atoms with Gasteiger partial charge in [0.15, 0.2) is 0 Å². The van der Waals surface area contributed by atoms with Crippen molar-refractivity contribution in [1.29, 1.82) is 0 Å². The molecule has 0 spiro atoms. The number of carbonyl (C=O) groups excluding carboxylic acids is 1. The molecule has 2 heterocycles. The molecule has 2 aliphatic heterocycles. The Morgan fingerprint density at radius 2 is 1.96 bits per heavy atom. The summed E-state index contributed by atoms with van der Waals surface area (Å²) in [6.45, 7) is 2.73. The van der Waals surface area contributed by atoms with Gasteiger partial charge in [-0.3, -0.25) is 0 Å². The van der Waals surface area contributed by atoms with Crippen LogP contribution in [0.2, 0.25) is 6.32 Å². The fourth-order valence-electron chi connectivity index (χ4n) is 3.69. The van der Waals surface area contributed by atoms with Crippen LogP contribution in [0.25, 0.3) is 0 Å². The molecule has 0 aromatic heterocycles. The number of carbonyl (C=O) groups is 2. The molecule has 0 atom stereocenters. The zero-order valence-electron chi connectivity index (χ0n) is 15.7. The SMILES string of the molecule is O=BCCc1ccc(OC2CN(C(=O)CC3CCNCC3)C2)c(C(=O)O)c1O. The fourth-order valence-corrected chi connectivity index (χ4v) is 3.69. The number of aromatic hydroxyl groups is 1. The summed E-state index contributed by atoms with van der Waals surface area (Å²) in [5.41, 5.74) is 0.0899. The molecule has 2 aliphatic rings. The average Bonchev–Trinajstić information content (AvgIpc) is 2.64. The Hall–Kier alpha value is -2.42. The topological polar surface area (TPSA) is 116 Å². The first-order chi connectivity index (χ1) is 13.5. The molecule has 1 aromatic carbocycles. The van der Waals surface area contributed by atoms with Crippen LogP contribution in [0.15, 0.2) is 12.1 Å². The van der Waals surface area contributed by atoms with Crippen LogP contribution < -0.4 is 10.1 Å². The van der Waals surface area contributed by atoms with Crippen molar-refractivity contribution in [2.75, 3.05) is 26.2 Å². The van der Waals surface area contributed by atoms with Crippen molar-refractivity contribution in [2.24, 2.45) is 5.92 Å². The molecule has 0 bridgehead atoms. The number of ether oxygens (including phenoxy) is 1. The summed E-state index contributed by atoms with van der Waals surface area (Å²) in [5.74, 6) is -1.06. The molecule has 2 saturated heterocycles. The summed E-state index contributed by atoms with van der Waals surface area (Å²) in [6, 6.07) is 3.07. The third kappa shape index (κ3) is 4.70. The molecule has 1 amide bonds. The predicted molar refractivity (Wildman–Crippen MR) is 101 cm³/mol. The molecule has 0 radical (unpaired) electrons. The quantitative estimate of drug-likeness (QED) is 0.571. The zero-order valence-corrected chi connectivity index (χ0v) is 15.7. The number of nitrogens with zero attached hydrogens (tertiary/aromatic N) is 1. The number of hydrogen-bond acceptors (Lipinski definition) is 6. The van der Waals surface area contributed by atoms with Crippen molar-refractivity contribution in [3.63, 3.8) is 0 Å². The van der Waals surface area contributed by atoms with E-state index in [0.717, 1.165) is 25.9 Å². The summed E-state index contributed by atoms with van der Waals surface area (Å²) in [5, 5.41) is 23.0. The first kappa shape index (κ1) is 20.3. The summed E-state index contributed by atoms with van der Waals surface area (Å²) >= 11 is 0. The van der Waals surface area contributed by atoms with Crippen LogP contribution in [-0.2, 0) is 15.9 Å². The van der Waals surface area contributed by atoms with E-state index in [1.807, 2.05) is 0 Å². The van der Waals surface area contributed by atoms with E-state index in [-0.39, 0.29) is 41.8 Å². The van der Waals surface area contributed by atoms with Gasteiger partial charge < -0.3 is 5.32 Å². The Morgan fingerprint density at radius 1 is 1.25 bits per heavy atom. The standard InChI is InChI=1S/C19H25BN2O6/c23-16(9-12-4-7-21-8-5-12)22-10-14(11-22)28-15-2-1-13(3-6-20-27)18(24)17(15)19(25)26/h1-2,12,14,21,24H,3-11H2,(H,25,26). The van der Waals surface area contributed by atoms with Gasteiger partial charge >= 0.3 is 126 Å². The number of carboxylic acid groups (broad SMARTS) is 1. The van der Waals surface area contributed by atoms with E-state index in [9.17, 15) is 24.5 Å². The number of rotatable bonds is 8. The van der Waals surface area contributed by atoms with E-state index < -0.39 is 5.97 Å². The molecule has 28 heavy (non-hydrogen) atoms. The molecule has 0 aliphatic carbocycles. The van der Waals surface area contributed by atoms with Gasteiger partial charge in [0.2, 0.25) is 0 Å². The second-order valence-electron chi connectivity index (χ2n) is 7.39. The third-order valence-corrected chi connectivity index (χ3v) is 5.39. The number of phenols is 1. The molecule has 3 rings (SSSR count). The molecule has 2 fully saturated rings. The fraction of sp³-hybridized carbons (Fsp3) is 0.579. The monoisotopic (exact) mass is 388 g/mol. The molecule has 150 valence electrons. The number of aryl methyl sites for hydroxylation is 1. The van der Waals surface area contributed by atoms with Crippen LogP contribution in [0, 0.1) is 5.92 Å². The third-order valence-electron chi connectivity index (χ3n) is 5.39. The predicted octanol–water partition coefficient (Wildman–Crippen LogP) is 1.08. The van der Waals surface area contributed by atoms with E-state index in [1.165, 1.54) is 6.07 Å². The Kier molecular flexibility index (Phi) is 6.67. The Labute approximate surface area is 164 Å². The van der Waals surface area contributed by atoms with Crippen molar-refractivity contribution >= 4 is 19.0 Å². The van der Waals surface area contributed by atoms with Gasteiger partial charge in [-0.1, -0.05) is 0 Å². The molecule has 8 nitrogen and oxygen atoms in total. The maximum atomic E-state index is 12.4. The van der Waals surface area contributed by atoms with Gasteiger partial charge in [0.05, 0.1) is 0 Å². The number of carboxylic acids is 1. The molecule has 0 saturated carbocycles. The van der Waals surface area contributed by atoms with Crippen LogP contribution >= 0.6 is 0 Å². The number of benzene rings is 1. The second kappa shape index (κ2) is 9.19. The number of hydrogen-bond donors (Lipinski definition) is 3. The van der Waals surface area contributed by atoms with Crippen molar-refractivity contribution < 1.29 is 29.2 Å². The van der Waals surface area contributed by atoms with Gasteiger partial charge in [0.25, 0.3) is 0 Å². The molecule has 1 aromatic rings. The summed E-state index contributed by atoms with van der Waals surface area (Å²) in [7, 11) is 0.716. The second-order valence-corrected chi connectivity index (χ2v) is 7.39. The maximum absolute atomic E-state index is 12.4. The van der Waals surface area contributed by atoms with E-state index >= 15 is 0 Å².